The van der Waals surface area contributed by atoms with Crippen molar-refractivity contribution >= 4 is 16.7 Å². The van der Waals surface area contributed by atoms with Crippen LogP contribution in [0.4, 0.5) is 5.82 Å². The molecule has 98 valence electrons. The van der Waals surface area contributed by atoms with Crippen LogP contribution < -0.4 is 10.6 Å². The zero-order valence-corrected chi connectivity index (χ0v) is 11.0. The molecule has 2 aliphatic heterocycles. The van der Waals surface area contributed by atoms with Crippen molar-refractivity contribution in [1.29, 1.82) is 0 Å². The second kappa shape index (κ2) is 4.49. The number of hydrogen-bond acceptors (Lipinski definition) is 3. The van der Waals surface area contributed by atoms with Crippen molar-refractivity contribution in [2.75, 3.05) is 5.32 Å². The van der Waals surface area contributed by atoms with Crippen LogP contribution in [0.25, 0.3) is 10.9 Å². The van der Waals surface area contributed by atoms with Gasteiger partial charge in [-0.15, -0.1) is 0 Å². The Balaban J connectivity index is 1.54. The van der Waals surface area contributed by atoms with Gasteiger partial charge < -0.3 is 10.6 Å². The van der Waals surface area contributed by atoms with Crippen molar-refractivity contribution in [2.24, 2.45) is 0 Å². The Labute approximate surface area is 113 Å². The lowest BCUT2D eigenvalue weighted by molar-refractivity contribution is 0.378. The summed E-state index contributed by atoms with van der Waals surface area (Å²) in [5, 5.41) is 8.50. The third-order valence-corrected chi connectivity index (χ3v) is 4.42. The van der Waals surface area contributed by atoms with Crippen molar-refractivity contribution < 1.29 is 0 Å². The van der Waals surface area contributed by atoms with E-state index in [4.69, 9.17) is 4.98 Å². The summed E-state index contributed by atoms with van der Waals surface area (Å²) in [4.78, 5) is 4.71. The second-order valence-electron chi connectivity index (χ2n) is 5.84. The van der Waals surface area contributed by atoms with Crippen LogP contribution >= 0.6 is 0 Å². The van der Waals surface area contributed by atoms with Gasteiger partial charge in [-0.25, -0.2) is 4.98 Å². The van der Waals surface area contributed by atoms with Gasteiger partial charge in [-0.1, -0.05) is 18.2 Å². The smallest absolute Gasteiger partial charge is 0.126 e. The lowest BCUT2D eigenvalue weighted by Crippen LogP contribution is -2.43. The average molecular weight is 253 g/mol. The van der Waals surface area contributed by atoms with Crippen LogP contribution in [0.3, 0.4) is 0 Å². The summed E-state index contributed by atoms with van der Waals surface area (Å²) in [5.74, 6) is 1.02. The zero-order chi connectivity index (χ0) is 12.7. The van der Waals surface area contributed by atoms with Gasteiger partial charge in [0.2, 0.25) is 0 Å². The largest absolute Gasteiger partial charge is 0.367 e. The van der Waals surface area contributed by atoms with Crippen LogP contribution in [0.5, 0.6) is 0 Å². The molecule has 0 radical (unpaired) electrons. The highest BCUT2D eigenvalue weighted by Gasteiger charge is 2.33. The lowest BCUT2D eigenvalue weighted by Gasteiger charge is -2.30. The van der Waals surface area contributed by atoms with Gasteiger partial charge in [0.15, 0.2) is 0 Å². The fraction of sp³-hybridized carbons (Fsp3) is 0.438. The molecule has 4 rings (SSSR count). The van der Waals surface area contributed by atoms with Crippen LogP contribution in [-0.4, -0.2) is 23.1 Å². The SMILES string of the molecule is c1ccc2nc(NC3CC4CCC(C3)N4)ccc2c1. The highest BCUT2D eigenvalue weighted by atomic mass is 15.1. The molecule has 0 saturated carbocycles. The molecule has 2 bridgehead atoms. The molecule has 19 heavy (non-hydrogen) atoms. The van der Waals surface area contributed by atoms with Crippen LogP contribution in [0.2, 0.25) is 0 Å². The maximum Gasteiger partial charge on any atom is 0.126 e. The average Bonchev–Trinajstić information content (AvgIpc) is 2.78. The van der Waals surface area contributed by atoms with Crippen LogP contribution in [0.1, 0.15) is 25.7 Å². The Morgan fingerprint density at radius 1 is 1.00 bits per heavy atom. The molecule has 2 saturated heterocycles. The molecule has 2 N–H and O–H groups in total. The first-order valence-corrected chi connectivity index (χ1v) is 7.25. The van der Waals surface area contributed by atoms with Crippen molar-refractivity contribution in [2.45, 2.75) is 43.8 Å². The van der Waals surface area contributed by atoms with E-state index in [1.54, 1.807) is 0 Å². The van der Waals surface area contributed by atoms with Gasteiger partial charge >= 0.3 is 0 Å². The van der Waals surface area contributed by atoms with Crippen molar-refractivity contribution in [3.63, 3.8) is 0 Å². The molecule has 2 fully saturated rings. The normalized spacial score (nSPS) is 29.6. The summed E-state index contributed by atoms with van der Waals surface area (Å²) in [5.41, 5.74) is 1.07. The molecule has 2 aromatic rings. The van der Waals surface area contributed by atoms with Crippen LogP contribution in [0.15, 0.2) is 36.4 Å². The van der Waals surface area contributed by atoms with E-state index in [1.807, 2.05) is 6.07 Å². The van der Waals surface area contributed by atoms with Crippen molar-refractivity contribution in [1.82, 2.24) is 10.3 Å². The molecular weight excluding hydrogens is 234 g/mol. The maximum absolute atomic E-state index is 4.71. The Morgan fingerprint density at radius 3 is 2.63 bits per heavy atom. The lowest BCUT2D eigenvalue weighted by atomic mass is 10.00. The molecule has 1 aromatic carbocycles. The van der Waals surface area contributed by atoms with Crippen molar-refractivity contribution in [3.05, 3.63) is 36.4 Å². The Kier molecular flexibility index (Phi) is 2.66. The molecule has 2 unspecified atom stereocenters. The van der Waals surface area contributed by atoms with Gasteiger partial charge in [0.1, 0.15) is 5.82 Å². The molecule has 3 heteroatoms. The molecular formula is C16H19N3. The molecule has 2 aliphatic rings. The number of aromatic nitrogens is 1. The Morgan fingerprint density at radius 2 is 1.79 bits per heavy atom. The molecule has 2 atom stereocenters. The number of fused-ring (bicyclic) bond motifs is 3. The number of benzene rings is 1. The predicted octanol–water partition coefficient (Wildman–Crippen LogP) is 2.93. The van der Waals surface area contributed by atoms with Gasteiger partial charge in [-0.05, 0) is 43.9 Å². The van der Waals surface area contributed by atoms with Crippen LogP contribution in [-0.2, 0) is 0 Å². The number of para-hydroxylation sites is 1. The van der Waals surface area contributed by atoms with E-state index in [-0.39, 0.29) is 0 Å². The van der Waals surface area contributed by atoms with Gasteiger partial charge in [-0.3, -0.25) is 0 Å². The van der Waals surface area contributed by atoms with Gasteiger partial charge in [0, 0.05) is 23.5 Å². The Bertz CT molecular complexity index is 583. The van der Waals surface area contributed by atoms with Crippen molar-refractivity contribution in [3.8, 4) is 0 Å². The number of hydrogen-bond donors (Lipinski definition) is 2. The monoisotopic (exact) mass is 253 g/mol. The molecule has 1 aromatic heterocycles. The quantitative estimate of drug-likeness (QED) is 0.864. The first-order chi connectivity index (χ1) is 9.37. The highest BCUT2D eigenvalue weighted by molar-refractivity contribution is 5.80. The number of rotatable bonds is 2. The van der Waals surface area contributed by atoms with Gasteiger partial charge in [-0.2, -0.15) is 0 Å². The number of piperidine rings is 1. The van der Waals surface area contributed by atoms with E-state index in [2.05, 4.69) is 41.0 Å². The summed E-state index contributed by atoms with van der Waals surface area (Å²) >= 11 is 0. The van der Waals surface area contributed by atoms with Gasteiger partial charge in [0.05, 0.1) is 5.52 Å². The first kappa shape index (κ1) is 11.2. The minimum atomic E-state index is 0.576. The molecule has 3 heterocycles. The van der Waals surface area contributed by atoms with Gasteiger partial charge in [0.25, 0.3) is 0 Å². The summed E-state index contributed by atoms with van der Waals surface area (Å²) in [7, 11) is 0. The number of pyridine rings is 1. The summed E-state index contributed by atoms with van der Waals surface area (Å²) in [6.07, 6.45) is 5.14. The summed E-state index contributed by atoms with van der Waals surface area (Å²) in [6.45, 7) is 0. The molecule has 0 aliphatic carbocycles. The van der Waals surface area contributed by atoms with E-state index < -0.39 is 0 Å². The van der Waals surface area contributed by atoms with E-state index >= 15 is 0 Å². The second-order valence-corrected chi connectivity index (χ2v) is 5.84. The van der Waals surface area contributed by atoms with E-state index in [1.165, 1.54) is 31.1 Å². The minimum Gasteiger partial charge on any atom is -0.367 e. The number of nitrogens with one attached hydrogen (secondary N) is 2. The Hall–Kier alpha value is -1.61. The third-order valence-electron chi connectivity index (χ3n) is 4.42. The molecule has 0 spiro atoms. The summed E-state index contributed by atoms with van der Waals surface area (Å²) in [6, 6.07) is 14.6. The standard InChI is InChI=1S/C16H19N3/c1-2-4-15-11(3-1)5-8-16(19-15)18-14-9-12-6-7-13(10-14)17-12/h1-5,8,12-14,17H,6-7,9-10H2,(H,18,19). The fourth-order valence-electron chi connectivity index (χ4n) is 3.53. The number of anilines is 1. The third kappa shape index (κ3) is 2.19. The van der Waals surface area contributed by atoms with Crippen LogP contribution in [0, 0.1) is 0 Å². The highest BCUT2D eigenvalue weighted by Crippen LogP contribution is 2.28. The maximum atomic E-state index is 4.71. The number of nitrogens with zero attached hydrogens (tertiary/aromatic N) is 1. The molecule has 3 nitrogen and oxygen atoms in total. The molecule has 0 amide bonds. The van der Waals surface area contributed by atoms with E-state index in [0.717, 1.165) is 23.4 Å². The van der Waals surface area contributed by atoms with E-state index in [9.17, 15) is 0 Å². The zero-order valence-electron chi connectivity index (χ0n) is 11.0. The fourth-order valence-corrected chi connectivity index (χ4v) is 3.53. The summed E-state index contributed by atoms with van der Waals surface area (Å²) < 4.78 is 0. The van der Waals surface area contributed by atoms with E-state index in [0.29, 0.717) is 6.04 Å². The predicted molar refractivity (Wildman–Crippen MR) is 78.3 cm³/mol. The minimum absolute atomic E-state index is 0.576. The first-order valence-electron chi connectivity index (χ1n) is 7.25. The topological polar surface area (TPSA) is 37.0 Å².